The van der Waals surface area contributed by atoms with E-state index in [1.807, 2.05) is 26.0 Å². The maximum atomic E-state index is 11.9. The van der Waals surface area contributed by atoms with E-state index in [0.29, 0.717) is 5.92 Å². The van der Waals surface area contributed by atoms with Crippen LogP contribution in [0.15, 0.2) is 11.6 Å². The van der Waals surface area contributed by atoms with E-state index in [1.54, 1.807) is 0 Å². The van der Waals surface area contributed by atoms with Crippen molar-refractivity contribution in [2.75, 3.05) is 13.7 Å². The van der Waals surface area contributed by atoms with Crippen LogP contribution in [0.1, 0.15) is 30.8 Å². The summed E-state index contributed by atoms with van der Waals surface area (Å²) in [5.41, 5.74) is 2.73. The number of rotatable bonds is 6. The van der Waals surface area contributed by atoms with E-state index in [-0.39, 0.29) is 5.57 Å². The number of nitrogens with one attached hydrogen (secondary N) is 1. The minimum atomic E-state index is -0.801. The van der Waals surface area contributed by atoms with E-state index in [1.165, 1.54) is 13.1 Å². The van der Waals surface area contributed by atoms with Crippen LogP contribution in [0.2, 0.25) is 0 Å². The quantitative estimate of drug-likeness (QED) is 0.494. The molecule has 1 aromatic heterocycles. The molecule has 0 bridgehead atoms. The number of hydrogen-bond acceptors (Lipinski definition) is 4. The fraction of sp³-hybridized carbons (Fsp3) is 0.471. The fourth-order valence-corrected chi connectivity index (χ4v) is 2.19. The molecule has 0 aliphatic heterocycles. The van der Waals surface area contributed by atoms with E-state index in [9.17, 15) is 9.59 Å². The van der Waals surface area contributed by atoms with E-state index in [4.69, 9.17) is 10.00 Å². The van der Waals surface area contributed by atoms with Crippen molar-refractivity contribution in [3.8, 4) is 6.07 Å². The number of ether oxygens (including phenoxy) is 1. The van der Waals surface area contributed by atoms with Crippen LogP contribution < -0.4 is 5.32 Å². The average molecular weight is 317 g/mol. The van der Waals surface area contributed by atoms with Crippen molar-refractivity contribution in [3.63, 3.8) is 0 Å². The molecule has 124 valence electrons. The van der Waals surface area contributed by atoms with E-state index in [0.717, 1.165) is 23.5 Å². The van der Waals surface area contributed by atoms with Crippen molar-refractivity contribution in [1.29, 1.82) is 5.26 Å². The van der Waals surface area contributed by atoms with Crippen molar-refractivity contribution in [2.45, 2.75) is 34.2 Å². The third-order valence-corrected chi connectivity index (χ3v) is 3.41. The Hall–Kier alpha value is -2.55. The number of nitrogens with zero attached hydrogens (tertiary/aromatic N) is 2. The number of nitriles is 1. The van der Waals surface area contributed by atoms with Crippen LogP contribution in [0.25, 0.3) is 6.08 Å². The molecule has 0 atom stereocenters. The first-order chi connectivity index (χ1) is 10.8. The highest BCUT2D eigenvalue weighted by atomic mass is 16.5. The Morgan fingerprint density at radius 1 is 1.43 bits per heavy atom. The van der Waals surface area contributed by atoms with Gasteiger partial charge in [-0.3, -0.25) is 4.79 Å². The molecule has 6 heteroatoms. The molecule has 0 aliphatic carbocycles. The van der Waals surface area contributed by atoms with Gasteiger partial charge in [0.1, 0.15) is 11.6 Å². The normalized spacial score (nSPS) is 11.3. The van der Waals surface area contributed by atoms with Crippen molar-refractivity contribution >= 4 is 18.0 Å². The Labute approximate surface area is 136 Å². The van der Waals surface area contributed by atoms with Crippen LogP contribution in [0, 0.1) is 31.1 Å². The van der Waals surface area contributed by atoms with Gasteiger partial charge in [0.05, 0.1) is 0 Å². The first-order valence-corrected chi connectivity index (χ1v) is 7.46. The molecule has 0 aromatic carbocycles. The number of likely N-dealkylation sites (N-methyl/N-ethyl adjacent to an activating group) is 1. The van der Waals surface area contributed by atoms with E-state index >= 15 is 0 Å². The van der Waals surface area contributed by atoms with Gasteiger partial charge >= 0.3 is 5.97 Å². The largest absolute Gasteiger partial charge is 0.451 e. The SMILES string of the molecule is CNC(=O)COC(=O)/C(C#N)=C/c1cc(C)n(CC(C)C)c1C. The van der Waals surface area contributed by atoms with Crippen molar-refractivity contribution in [2.24, 2.45) is 5.92 Å². The topological polar surface area (TPSA) is 84.1 Å². The summed E-state index contributed by atoms with van der Waals surface area (Å²) in [7, 11) is 1.45. The second-order valence-corrected chi connectivity index (χ2v) is 5.75. The van der Waals surface area contributed by atoms with Gasteiger partial charge in [-0.05, 0) is 37.5 Å². The lowest BCUT2D eigenvalue weighted by atomic mass is 10.1. The van der Waals surface area contributed by atoms with Crippen LogP contribution in [0.4, 0.5) is 0 Å². The first kappa shape index (κ1) is 18.5. The predicted molar refractivity (Wildman–Crippen MR) is 87.4 cm³/mol. The number of aryl methyl sites for hydroxylation is 1. The Morgan fingerprint density at radius 2 is 2.09 bits per heavy atom. The fourth-order valence-electron chi connectivity index (χ4n) is 2.19. The highest BCUT2D eigenvalue weighted by molar-refractivity contribution is 5.99. The molecule has 0 saturated carbocycles. The number of carbonyl (C=O) groups is 2. The van der Waals surface area contributed by atoms with Crippen LogP contribution in [-0.4, -0.2) is 30.1 Å². The minimum Gasteiger partial charge on any atom is -0.451 e. The van der Waals surface area contributed by atoms with Gasteiger partial charge in [0.25, 0.3) is 5.91 Å². The number of hydrogen-bond donors (Lipinski definition) is 1. The number of aromatic nitrogens is 1. The maximum absolute atomic E-state index is 11.9. The molecule has 0 fully saturated rings. The Morgan fingerprint density at radius 3 is 2.61 bits per heavy atom. The zero-order chi connectivity index (χ0) is 17.6. The molecule has 1 rings (SSSR count). The van der Waals surface area contributed by atoms with Gasteiger partial charge in [0.15, 0.2) is 6.61 Å². The van der Waals surface area contributed by atoms with E-state index in [2.05, 4.69) is 23.7 Å². The molecular weight excluding hydrogens is 294 g/mol. The summed E-state index contributed by atoms with van der Waals surface area (Å²) in [5.74, 6) is -0.736. The maximum Gasteiger partial charge on any atom is 0.349 e. The Bertz CT molecular complexity index is 663. The predicted octanol–water partition coefficient (Wildman–Crippen LogP) is 1.96. The second-order valence-electron chi connectivity index (χ2n) is 5.75. The molecule has 0 spiro atoms. The number of carbonyl (C=O) groups excluding carboxylic acids is 2. The summed E-state index contributed by atoms with van der Waals surface area (Å²) in [6.07, 6.45) is 1.51. The first-order valence-electron chi connectivity index (χ1n) is 7.46. The molecule has 1 N–H and O–H groups in total. The van der Waals surface area contributed by atoms with Gasteiger partial charge in [0, 0.05) is 25.0 Å². The van der Waals surface area contributed by atoms with Crippen LogP contribution in [0.5, 0.6) is 0 Å². The molecule has 0 aliphatic rings. The van der Waals surface area contributed by atoms with Crippen LogP contribution in [-0.2, 0) is 20.9 Å². The van der Waals surface area contributed by atoms with E-state index < -0.39 is 18.5 Å². The summed E-state index contributed by atoms with van der Waals surface area (Å²) < 4.78 is 6.97. The third-order valence-electron chi connectivity index (χ3n) is 3.41. The van der Waals surface area contributed by atoms with Crippen molar-refractivity contribution in [1.82, 2.24) is 9.88 Å². The van der Waals surface area contributed by atoms with Crippen molar-refractivity contribution in [3.05, 3.63) is 28.6 Å². The summed E-state index contributed by atoms with van der Waals surface area (Å²) in [6, 6.07) is 3.77. The van der Waals surface area contributed by atoms with Crippen LogP contribution >= 0.6 is 0 Å². The van der Waals surface area contributed by atoms with Gasteiger partial charge in [-0.1, -0.05) is 13.8 Å². The smallest absolute Gasteiger partial charge is 0.349 e. The van der Waals surface area contributed by atoms with Gasteiger partial charge < -0.3 is 14.6 Å². The summed E-state index contributed by atoms with van der Waals surface area (Å²) in [4.78, 5) is 23.0. The standard InChI is InChI=1S/C17H23N3O3/c1-11(2)9-20-12(3)6-14(13(20)4)7-15(8-18)17(22)23-10-16(21)19-5/h6-7,11H,9-10H2,1-5H3,(H,19,21)/b15-7+. The summed E-state index contributed by atoms with van der Waals surface area (Å²) >= 11 is 0. The Kier molecular flexibility index (Phi) is 6.58. The average Bonchev–Trinajstić information content (AvgIpc) is 2.76. The zero-order valence-corrected chi connectivity index (χ0v) is 14.3. The summed E-state index contributed by atoms with van der Waals surface area (Å²) in [6.45, 7) is 8.67. The summed E-state index contributed by atoms with van der Waals surface area (Å²) in [5, 5.41) is 11.5. The third kappa shape index (κ3) is 4.99. The highest BCUT2D eigenvalue weighted by Gasteiger charge is 2.15. The molecule has 1 amide bonds. The van der Waals surface area contributed by atoms with Gasteiger partial charge in [-0.15, -0.1) is 0 Å². The molecule has 1 heterocycles. The molecule has 0 unspecified atom stereocenters. The minimum absolute atomic E-state index is 0.126. The molecular formula is C17H23N3O3. The molecule has 0 radical (unpaired) electrons. The number of amides is 1. The van der Waals surface area contributed by atoms with Gasteiger partial charge in [0.2, 0.25) is 0 Å². The lowest BCUT2D eigenvalue weighted by molar-refractivity contribution is -0.144. The zero-order valence-electron chi connectivity index (χ0n) is 14.3. The second kappa shape index (κ2) is 8.18. The monoisotopic (exact) mass is 317 g/mol. The Balaban J connectivity index is 3.01. The highest BCUT2D eigenvalue weighted by Crippen LogP contribution is 2.20. The van der Waals surface area contributed by atoms with Crippen LogP contribution in [0.3, 0.4) is 0 Å². The van der Waals surface area contributed by atoms with Gasteiger partial charge in [-0.25, -0.2) is 4.79 Å². The molecule has 0 saturated heterocycles. The molecule has 6 nitrogen and oxygen atoms in total. The van der Waals surface area contributed by atoms with Crippen molar-refractivity contribution < 1.29 is 14.3 Å². The molecule has 1 aromatic rings. The van der Waals surface area contributed by atoms with Gasteiger partial charge in [-0.2, -0.15) is 5.26 Å². The lowest BCUT2D eigenvalue weighted by Crippen LogP contribution is -2.25. The lowest BCUT2D eigenvalue weighted by Gasteiger charge is -2.12. The molecule has 23 heavy (non-hydrogen) atoms. The number of esters is 1.